The summed E-state index contributed by atoms with van der Waals surface area (Å²) in [4.78, 5) is 25.8. The van der Waals surface area contributed by atoms with Crippen molar-refractivity contribution in [3.8, 4) is 0 Å². The van der Waals surface area contributed by atoms with Crippen LogP contribution >= 0.6 is 11.6 Å². The predicted octanol–water partition coefficient (Wildman–Crippen LogP) is 2.11. The van der Waals surface area contributed by atoms with E-state index in [-0.39, 0.29) is 5.91 Å². The van der Waals surface area contributed by atoms with Crippen LogP contribution in [0.1, 0.15) is 21.7 Å². The monoisotopic (exact) mass is 276 g/mol. The number of carbonyl (C=O) groups is 1. The van der Waals surface area contributed by atoms with Crippen LogP contribution in [0.5, 0.6) is 0 Å². The molecule has 0 aliphatic carbocycles. The number of aryl methyl sites for hydroxylation is 1. The number of aromatic nitrogens is 3. The Morgan fingerprint density at radius 3 is 2.58 bits per heavy atom. The lowest BCUT2D eigenvalue weighted by atomic mass is 10.2. The molecule has 2 aromatic rings. The third-order valence-electron chi connectivity index (χ3n) is 2.56. The van der Waals surface area contributed by atoms with Gasteiger partial charge in [0.05, 0.1) is 11.9 Å². The molecule has 2 aromatic heterocycles. The first-order valence-electron chi connectivity index (χ1n) is 5.71. The number of carbonyl (C=O) groups excluding carboxylic acids is 1. The highest BCUT2D eigenvalue weighted by atomic mass is 35.5. The highest BCUT2D eigenvalue weighted by molar-refractivity contribution is 6.29. The number of rotatable bonds is 3. The maximum atomic E-state index is 12.1. The first-order chi connectivity index (χ1) is 9.06. The molecule has 0 saturated heterocycles. The molecule has 6 heteroatoms. The summed E-state index contributed by atoms with van der Waals surface area (Å²) in [7, 11) is 1.71. The average Bonchev–Trinajstić information content (AvgIpc) is 2.41. The molecule has 0 fully saturated rings. The summed E-state index contributed by atoms with van der Waals surface area (Å²) in [5, 5.41) is 0.433. The summed E-state index contributed by atoms with van der Waals surface area (Å²) in [6, 6.07) is 3.53. The lowest BCUT2D eigenvalue weighted by Crippen LogP contribution is -2.27. The smallest absolute Gasteiger partial charge is 0.274 e. The van der Waals surface area contributed by atoms with Gasteiger partial charge in [-0.1, -0.05) is 17.7 Å². The molecule has 0 aromatic carbocycles. The first kappa shape index (κ1) is 13.4. The zero-order valence-corrected chi connectivity index (χ0v) is 11.4. The van der Waals surface area contributed by atoms with Crippen LogP contribution in [0.15, 0.2) is 30.7 Å². The van der Waals surface area contributed by atoms with E-state index in [2.05, 4.69) is 15.0 Å². The van der Waals surface area contributed by atoms with Gasteiger partial charge in [0.25, 0.3) is 5.91 Å². The second-order valence-corrected chi connectivity index (χ2v) is 4.58. The Kier molecular flexibility index (Phi) is 4.06. The minimum absolute atomic E-state index is 0.178. The summed E-state index contributed by atoms with van der Waals surface area (Å²) in [6.07, 6.45) is 4.70. The van der Waals surface area contributed by atoms with E-state index in [1.807, 2.05) is 13.0 Å². The molecule has 0 spiro atoms. The molecule has 0 saturated carbocycles. The number of amides is 1. The lowest BCUT2D eigenvalue weighted by Gasteiger charge is -2.16. The topological polar surface area (TPSA) is 59.0 Å². The van der Waals surface area contributed by atoms with Crippen molar-refractivity contribution in [1.82, 2.24) is 19.9 Å². The molecule has 0 atom stereocenters. The van der Waals surface area contributed by atoms with Gasteiger partial charge in [-0.25, -0.2) is 9.97 Å². The molecule has 0 unspecified atom stereocenters. The zero-order chi connectivity index (χ0) is 13.8. The van der Waals surface area contributed by atoms with E-state index in [1.54, 1.807) is 30.4 Å². The van der Waals surface area contributed by atoms with E-state index in [4.69, 9.17) is 11.6 Å². The van der Waals surface area contributed by atoms with Crippen LogP contribution < -0.4 is 0 Å². The van der Waals surface area contributed by atoms with Crippen molar-refractivity contribution >= 4 is 17.5 Å². The lowest BCUT2D eigenvalue weighted by molar-refractivity contribution is 0.0778. The summed E-state index contributed by atoms with van der Waals surface area (Å²) in [5.41, 5.74) is 2.01. The molecule has 2 heterocycles. The molecule has 98 valence electrons. The van der Waals surface area contributed by atoms with E-state index in [1.165, 1.54) is 6.20 Å². The SMILES string of the molecule is Cc1cnc(C(=O)N(C)Cc2ccc(Cl)nc2)cn1. The number of pyridine rings is 1. The Labute approximate surface area is 116 Å². The molecule has 0 aliphatic heterocycles. The number of hydrogen-bond acceptors (Lipinski definition) is 4. The molecule has 0 bridgehead atoms. The van der Waals surface area contributed by atoms with Gasteiger partial charge < -0.3 is 4.90 Å². The molecular weight excluding hydrogens is 264 g/mol. The molecule has 2 rings (SSSR count). The molecule has 0 aliphatic rings. The molecule has 5 nitrogen and oxygen atoms in total. The van der Waals surface area contributed by atoms with E-state index in [9.17, 15) is 4.79 Å². The van der Waals surface area contributed by atoms with Crippen molar-refractivity contribution in [2.45, 2.75) is 13.5 Å². The van der Waals surface area contributed by atoms with Gasteiger partial charge in [-0.05, 0) is 18.6 Å². The number of hydrogen-bond donors (Lipinski definition) is 0. The van der Waals surface area contributed by atoms with Gasteiger partial charge in [-0.15, -0.1) is 0 Å². The van der Waals surface area contributed by atoms with Gasteiger partial charge in [-0.2, -0.15) is 0 Å². The predicted molar refractivity (Wildman–Crippen MR) is 71.8 cm³/mol. The largest absolute Gasteiger partial charge is 0.336 e. The van der Waals surface area contributed by atoms with E-state index >= 15 is 0 Å². The third-order valence-corrected chi connectivity index (χ3v) is 2.78. The standard InChI is InChI=1S/C13H13ClN4O/c1-9-5-16-11(7-15-9)13(19)18(2)8-10-3-4-12(14)17-6-10/h3-7H,8H2,1-2H3. The zero-order valence-electron chi connectivity index (χ0n) is 10.7. The van der Waals surface area contributed by atoms with Crippen molar-refractivity contribution in [3.05, 3.63) is 52.8 Å². The Morgan fingerprint density at radius 2 is 2.00 bits per heavy atom. The van der Waals surface area contributed by atoms with Gasteiger partial charge in [0.2, 0.25) is 0 Å². The van der Waals surface area contributed by atoms with Gasteiger partial charge in [-0.3, -0.25) is 9.78 Å². The minimum Gasteiger partial charge on any atom is -0.336 e. The summed E-state index contributed by atoms with van der Waals surface area (Å²) < 4.78 is 0. The molecule has 0 radical (unpaired) electrons. The molecule has 0 N–H and O–H groups in total. The van der Waals surface area contributed by atoms with Crippen molar-refractivity contribution in [3.63, 3.8) is 0 Å². The van der Waals surface area contributed by atoms with Gasteiger partial charge in [0.1, 0.15) is 10.8 Å². The van der Waals surface area contributed by atoms with Crippen molar-refractivity contribution in [2.75, 3.05) is 7.05 Å². The Morgan fingerprint density at radius 1 is 1.21 bits per heavy atom. The molecular formula is C13H13ClN4O. The highest BCUT2D eigenvalue weighted by Gasteiger charge is 2.13. The maximum absolute atomic E-state index is 12.1. The summed E-state index contributed by atoms with van der Waals surface area (Å²) >= 11 is 5.71. The number of nitrogens with zero attached hydrogens (tertiary/aromatic N) is 4. The Bertz CT molecular complexity index is 568. The van der Waals surface area contributed by atoms with Crippen LogP contribution in [0.25, 0.3) is 0 Å². The van der Waals surface area contributed by atoms with Crippen LogP contribution in [0.4, 0.5) is 0 Å². The van der Waals surface area contributed by atoms with Gasteiger partial charge >= 0.3 is 0 Å². The fourth-order valence-electron chi connectivity index (χ4n) is 1.54. The minimum atomic E-state index is -0.178. The van der Waals surface area contributed by atoms with Gasteiger partial charge in [0.15, 0.2) is 0 Å². The van der Waals surface area contributed by atoms with Crippen LogP contribution in [-0.2, 0) is 6.54 Å². The Balaban J connectivity index is 2.07. The second kappa shape index (κ2) is 5.75. The van der Waals surface area contributed by atoms with Crippen LogP contribution in [0.3, 0.4) is 0 Å². The average molecular weight is 277 g/mol. The highest BCUT2D eigenvalue weighted by Crippen LogP contribution is 2.09. The molecule has 19 heavy (non-hydrogen) atoms. The quantitative estimate of drug-likeness (QED) is 0.806. The normalized spacial score (nSPS) is 10.3. The second-order valence-electron chi connectivity index (χ2n) is 4.19. The van der Waals surface area contributed by atoms with Crippen LogP contribution in [0.2, 0.25) is 5.15 Å². The Hall–Kier alpha value is -2.01. The maximum Gasteiger partial charge on any atom is 0.274 e. The fourth-order valence-corrected chi connectivity index (χ4v) is 1.66. The first-order valence-corrected chi connectivity index (χ1v) is 6.08. The van der Waals surface area contributed by atoms with E-state index in [0.29, 0.717) is 17.4 Å². The van der Waals surface area contributed by atoms with E-state index in [0.717, 1.165) is 11.3 Å². The van der Waals surface area contributed by atoms with Crippen LogP contribution in [-0.4, -0.2) is 32.8 Å². The van der Waals surface area contributed by atoms with Crippen molar-refractivity contribution in [1.29, 1.82) is 0 Å². The fraction of sp³-hybridized carbons (Fsp3) is 0.231. The van der Waals surface area contributed by atoms with E-state index < -0.39 is 0 Å². The van der Waals surface area contributed by atoms with Crippen molar-refractivity contribution in [2.24, 2.45) is 0 Å². The third kappa shape index (κ3) is 3.48. The summed E-state index contributed by atoms with van der Waals surface area (Å²) in [6.45, 7) is 2.27. The van der Waals surface area contributed by atoms with Crippen LogP contribution in [0, 0.1) is 6.92 Å². The van der Waals surface area contributed by atoms with Crippen molar-refractivity contribution < 1.29 is 4.79 Å². The molecule has 1 amide bonds. The summed E-state index contributed by atoms with van der Waals surface area (Å²) in [5.74, 6) is -0.178. The number of halogens is 1. The van der Waals surface area contributed by atoms with Gasteiger partial charge in [0, 0.05) is 26.0 Å².